The van der Waals surface area contributed by atoms with Gasteiger partial charge in [0.1, 0.15) is 6.04 Å². The van der Waals surface area contributed by atoms with Crippen LogP contribution >= 0.6 is 0 Å². The van der Waals surface area contributed by atoms with Crippen molar-refractivity contribution in [3.05, 3.63) is 108 Å². The molecule has 4 atom stereocenters. The molecule has 1 saturated heterocycles. The Labute approximate surface area is 159 Å². The number of hydrogen-bond acceptors (Lipinski definition) is 2. The summed E-state index contributed by atoms with van der Waals surface area (Å²) in [6.07, 6.45) is 0.503. The van der Waals surface area contributed by atoms with Crippen molar-refractivity contribution < 1.29 is 9.53 Å². The second-order valence-corrected chi connectivity index (χ2v) is 7.30. The Hall–Kier alpha value is -3.07. The molecule has 1 aliphatic carbocycles. The van der Waals surface area contributed by atoms with Crippen molar-refractivity contribution in [1.82, 2.24) is 4.90 Å². The maximum Gasteiger partial charge on any atom is 0.411 e. The number of cyclic esters (lactones) is 1. The van der Waals surface area contributed by atoms with E-state index in [-0.39, 0.29) is 24.3 Å². The molecular weight excluding hydrogens is 334 g/mol. The van der Waals surface area contributed by atoms with Crippen molar-refractivity contribution in [3.8, 4) is 0 Å². The molecule has 0 spiro atoms. The monoisotopic (exact) mass is 355 g/mol. The van der Waals surface area contributed by atoms with Crippen LogP contribution in [-0.4, -0.2) is 17.0 Å². The van der Waals surface area contributed by atoms with Gasteiger partial charge in [-0.3, -0.25) is 4.90 Å². The molecule has 2 aliphatic rings. The van der Waals surface area contributed by atoms with Gasteiger partial charge in [0, 0.05) is 12.0 Å². The summed E-state index contributed by atoms with van der Waals surface area (Å²) in [6.45, 7) is 0. The van der Waals surface area contributed by atoms with E-state index >= 15 is 0 Å². The van der Waals surface area contributed by atoms with Crippen LogP contribution in [0, 0.1) is 0 Å². The van der Waals surface area contributed by atoms with Gasteiger partial charge in [-0.15, -0.1) is 0 Å². The van der Waals surface area contributed by atoms with Gasteiger partial charge in [-0.1, -0.05) is 91.0 Å². The van der Waals surface area contributed by atoms with Crippen LogP contribution in [0.25, 0.3) is 0 Å². The molecule has 1 aliphatic heterocycles. The van der Waals surface area contributed by atoms with Crippen LogP contribution in [-0.2, 0) is 4.74 Å². The van der Waals surface area contributed by atoms with E-state index in [1.165, 1.54) is 5.56 Å². The Kier molecular flexibility index (Phi) is 3.93. The smallest absolute Gasteiger partial charge is 0.411 e. The van der Waals surface area contributed by atoms with Crippen LogP contribution in [0.5, 0.6) is 0 Å². The van der Waals surface area contributed by atoms with E-state index in [1.807, 2.05) is 59.5 Å². The van der Waals surface area contributed by atoms with Gasteiger partial charge < -0.3 is 4.74 Å². The van der Waals surface area contributed by atoms with Crippen LogP contribution in [0.2, 0.25) is 0 Å². The first-order valence-electron chi connectivity index (χ1n) is 9.47. The van der Waals surface area contributed by atoms with Crippen molar-refractivity contribution in [1.29, 1.82) is 0 Å². The van der Waals surface area contributed by atoms with Gasteiger partial charge in [0.2, 0.25) is 0 Å². The number of carbonyl (C=O) groups is 1. The van der Waals surface area contributed by atoms with E-state index in [1.54, 1.807) is 0 Å². The lowest BCUT2D eigenvalue weighted by atomic mass is 9.95. The van der Waals surface area contributed by atoms with Crippen molar-refractivity contribution in [2.75, 3.05) is 0 Å². The zero-order valence-electron chi connectivity index (χ0n) is 14.9. The summed E-state index contributed by atoms with van der Waals surface area (Å²) in [4.78, 5) is 14.9. The van der Waals surface area contributed by atoms with Crippen LogP contribution in [0.4, 0.5) is 4.79 Å². The fourth-order valence-corrected chi connectivity index (χ4v) is 4.26. The molecule has 1 heterocycles. The van der Waals surface area contributed by atoms with Crippen LogP contribution < -0.4 is 0 Å². The second-order valence-electron chi connectivity index (χ2n) is 7.30. The summed E-state index contributed by atoms with van der Waals surface area (Å²) in [6, 6.07) is 30.9. The number of carbonyl (C=O) groups excluding carboxylic acids is 1. The number of benzene rings is 3. The maximum atomic E-state index is 12.9. The summed E-state index contributed by atoms with van der Waals surface area (Å²) < 4.78 is 5.90. The number of amides is 1. The van der Waals surface area contributed by atoms with Gasteiger partial charge in [-0.25, -0.2) is 4.79 Å². The first-order chi connectivity index (χ1) is 13.3. The molecule has 5 rings (SSSR count). The minimum atomic E-state index is -0.280. The molecule has 3 aromatic rings. The normalized spacial score (nSPS) is 26.7. The summed E-state index contributed by atoms with van der Waals surface area (Å²) in [7, 11) is 0. The van der Waals surface area contributed by atoms with E-state index in [0.29, 0.717) is 5.92 Å². The molecule has 3 nitrogen and oxygen atoms in total. The lowest BCUT2D eigenvalue weighted by molar-refractivity contribution is 0.129. The van der Waals surface area contributed by atoms with Gasteiger partial charge in [0.15, 0.2) is 6.10 Å². The Balaban J connectivity index is 1.51. The molecule has 3 heteroatoms. The molecule has 0 aromatic heterocycles. The molecule has 0 N–H and O–H groups in total. The van der Waals surface area contributed by atoms with Crippen molar-refractivity contribution in [2.24, 2.45) is 0 Å². The molecule has 134 valence electrons. The van der Waals surface area contributed by atoms with E-state index < -0.39 is 0 Å². The first-order valence-corrected chi connectivity index (χ1v) is 9.47. The predicted octanol–water partition coefficient (Wildman–Crippen LogP) is 5.48. The molecule has 3 aromatic carbocycles. The molecule has 0 radical (unpaired) electrons. The van der Waals surface area contributed by atoms with E-state index in [0.717, 1.165) is 17.5 Å². The van der Waals surface area contributed by atoms with Gasteiger partial charge in [-0.2, -0.15) is 0 Å². The molecule has 27 heavy (non-hydrogen) atoms. The number of ether oxygens (including phenoxy) is 1. The Morgan fingerprint density at radius 2 is 1.22 bits per heavy atom. The van der Waals surface area contributed by atoms with E-state index in [4.69, 9.17) is 4.74 Å². The van der Waals surface area contributed by atoms with E-state index in [2.05, 4.69) is 36.4 Å². The van der Waals surface area contributed by atoms with Crippen LogP contribution in [0.3, 0.4) is 0 Å². The zero-order valence-corrected chi connectivity index (χ0v) is 14.9. The minimum absolute atomic E-state index is 0.0974. The summed E-state index contributed by atoms with van der Waals surface area (Å²) >= 11 is 0. The largest absolute Gasteiger partial charge is 0.439 e. The van der Waals surface area contributed by atoms with Gasteiger partial charge in [0.25, 0.3) is 0 Å². The molecule has 0 bridgehead atoms. The Morgan fingerprint density at radius 3 is 1.81 bits per heavy atom. The van der Waals surface area contributed by atoms with E-state index in [9.17, 15) is 4.79 Å². The Bertz CT molecular complexity index is 926. The van der Waals surface area contributed by atoms with Gasteiger partial charge in [-0.05, 0) is 23.1 Å². The fraction of sp³-hybridized carbons (Fsp3) is 0.208. The molecule has 2 fully saturated rings. The molecular formula is C24H21NO2. The summed E-state index contributed by atoms with van der Waals surface area (Å²) in [5, 5.41) is 0. The average Bonchev–Trinajstić information content (AvgIpc) is 3.45. The highest BCUT2D eigenvalue weighted by molar-refractivity contribution is 5.73. The predicted molar refractivity (Wildman–Crippen MR) is 104 cm³/mol. The topological polar surface area (TPSA) is 29.5 Å². The first kappa shape index (κ1) is 16.1. The highest BCUT2D eigenvalue weighted by Crippen LogP contribution is 2.53. The lowest BCUT2D eigenvalue weighted by Gasteiger charge is -2.26. The molecule has 1 saturated carbocycles. The van der Waals surface area contributed by atoms with Gasteiger partial charge >= 0.3 is 6.09 Å². The molecule has 1 amide bonds. The lowest BCUT2D eigenvalue weighted by Crippen LogP contribution is -2.31. The van der Waals surface area contributed by atoms with Crippen LogP contribution in [0.15, 0.2) is 91.0 Å². The molecule has 0 unspecified atom stereocenters. The maximum absolute atomic E-state index is 12.9. The fourth-order valence-electron chi connectivity index (χ4n) is 4.26. The van der Waals surface area contributed by atoms with Crippen molar-refractivity contribution in [2.45, 2.75) is 30.5 Å². The average molecular weight is 355 g/mol. The van der Waals surface area contributed by atoms with Crippen LogP contribution in [0.1, 0.15) is 41.2 Å². The van der Waals surface area contributed by atoms with Crippen molar-refractivity contribution in [3.63, 3.8) is 0 Å². The van der Waals surface area contributed by atoms with Crippen molar-refractivity contribution >= 4 is 6.09 Å². The second kappa shape index (κ2) is 6.58. The third kappa shape index (κ3) is 2.89. The number of rotatable bonds is 4. The third-order valence-electron chi connectivity index (χ3n) is 5.64. The minimum Gasteiger partial charge on any atom is -0.439 e. The highest BCUT2D eigenvalue weighted by atomic mass is 16.6. The third-order valence-corrected chi connectivity index (χ3v) is 5.64. The highest BCUT2D eigenvalue weighted by Gasteiger charge is 2.54. The SMILES string of the molecule is O=C1O[C@@H](c2ccccc2)[C@@H](c2ccccc2)N1[C@H]1C[C@@H]1c1ccccc1. The Morgan fingerprint density at radius 1 is 0.704 bits per heavy atom. The summed E-state index contributed by atoms with van der Waals surface area (Å²) in [5.41, 5.74) is 3.46. The number of hydrogen-bond donors (Lipinski definition) is 0. The number of nitrogens with zero attached hydrogens (tertiary/aromatic N) is 1. The summed E-state index contributed by atoms with van der Waals surface area (Å²) in [5.74, 6) is 0.388. The quantitative estimate of drug-likeness (QED) is 0.620. The van der Waals surface area contributed by atoms with Gasteiger partial charge in [0.05, 0.1) is 0 Å². The zero-order chi connectivity index (χ0) is 18.2. The standard InChI is InChI=1S/C24H21NO2/c26-24-25(21-16-20(21)17-10-4-1-5-11-17)22(18-12-6-2-7-13-18)23(27-24)19-14-8-3-9-15-19/h1-15,20-23H,16H2/t20-,21+,22-,23+/m1/s1.